The highest BCUT2D eigenvalue weighted by Gasteiger charge is 2.20. The second-order valence-electron chi connectivity index (χ2n) is 4.70. The zero-order valence-electron chi connectivity index (χ0n) is 11.1. The minimum atomic E-state index is -3.23. The van der Waals surface area contributed by atoms with E-state index in [2.05, 4.69) is 9.62 Å². The third kappa shape index (κ3) is 6.10. The summed E-state index contributed by atoms with van der Waals surface area (Å²) in [5.41, 5.74) is 5.25. The number of hydrogen-bond acceptors (Lipinski definition) is 5. The lowest BCUT2D eigenvalue weighted by Crippen LogP contribution is -2.45. The Kier molecular flexibility index (Phi) is 7.10. The summed E-state index contributed by atoms with van der Waals surface area (Å²) in [6, 6.07) is 0.318. The van der Waals surface area contributed by atoms with Crippen molar-refractivity contribution >= 4 is 10.0 Å². The molecule has 7 heteroatoms. The van der Waals surface area contributed by atoms with Crippen molar-refractivity contribution in [1.29, 1.82) is 0 Å². The van der Waals surface area contributed by atoms with E-state index in [4.69, 9.17) is 10.5 Å². The van der Waals surface area contributed by atoms with Gasteiger partial charge in [-0.1, -0.05) is 6.42 Å². The summed E-state index contributed by atoms with van der Waals surface area (Å²) in [6.07, 6.45) is 3.44. The number of likely N-dealkylation sites (N-methyl/N-ethyl adjacent to an activating group) is 1. The molecule has 0 amide bonds. The van der Waals surface area contributed by atoms with Crippen LogP contribution in [0.15, 0.2) is 0 Å². The molecule has 0 aliphatic carbocycles. The van der Waals surface area contributed by atoms with Crippen LogP contribution in [-0.4, -0.2) is 65.0 Å². The summed E-state index contributed by atoms with van der Waals surface area (Å²) in [4.78, 5) is 2.22. The van der Waals surface area contributed by atoms with Gasteiger partial charge in [0.05, 0.1) is 19.0 Å². The van der Waals surface area contributed by atoms with Crippen molar-refractivity contribution in [3.63, 3.8) is 0 Å². The fourth-order valence-electron chi connectivity index (χ4n) is 2.05. The number of likely N-dealkylation sites (tertiary alicyclic amines) is 1. The van der Waals surface area contributed by atoms with Crippen LogP contribution in [0.2, 0.25) is 0 Å². The molecule has 0 spiro atoms. The molecule has 0 radical (unpaired) electrons. The Morgan fingerprint density at radius 3 is 2.83 bits per heavy atom. The molecule has 0 aromatic carbocycles. The van der Waals surface area contributed by atoms with Gasteiger partial charge in [-0.25, -0.2) is 13.1 Å². The first-order valence-electron chi connectivity index (χ1n) is 6.50. The molecule has 1 heterocycles. The molecule has 0 bridgehead atoms. The Bertz CT molecular complexity index is 321. The molecule has 1 fully saturated rings. The number of nitrogens with two attached hydrogens (primary N) is 1. The Morgan fingerprint density at radius 1 is 1.39 bits per heavy atom. The Balaban J connectivity index is 2.23. The third-order valence-electron chi connectivity index (χ3n) is 3.22. The van der Waals surface area contributed by atoms with E-state index in [0.29, 0.717) is 25.7 Å². The van der Waals surface area contributed by atoms with Crippen molar-refractivity contribution in [3.05, 3.63) is 0 Å². The van der Waals surface area contributed by atoms with Crippen LogP contribution in [0.1, 0.15) is 19.3 Å². The summed E-state index contributed by atoms with van der Waals surface area (Å²) in [7, 11) is -1.18. The first-order valence-corrected chi connectivity index (χ1v) is 8.16. The molecule has 1 saturated heterocycles. The standard InChI is InChI=1S/C11H25N3O3S/c1-14-6-3-2-4-11(14)10-13-18(15,16)9-8-17-7-5-12/h11,13H,2-10,12H2,1H3. The summed E-state index contributed by atoms with van der Waals surface area (Å²) < 4.78 is 31.1. The zero-order chi connectivity index (χ0) is 13.4. The zero-order valence-corrected chi connectivity index (χ0v) is 11.9. The van der Waals surface area contributed by atoms with E-state index in [9.17, 15) is 8.42 Å². The maximum absolute atomic E-state index is 11.7. The van der Waals surface area contributed by atoms with Gasteiger partial charge in [0, 0.05) is 19.1 Å². The number of nitrogens with zero attached hydrogens (tertiary/aromatic N) is 1. The average molecular weight is 279 g/mol. The second-order valence-corrected chi connectivity index (χ2v) is 6.63. The van der Waals surface area contributed by atoms with E-state index in [1.165, 1.54) is 12.8 Å². The minimum Gasteiger partial charge on any atom is -0.379 e. The van der Waals surface area contributed by atoms with Gasteiger partial charge >= 0.3 is 0 Å². The van der Waals surface area contributed by atoms with Crippen molar-refractivity contribution in [3.8, 4) is 0 Å². The lowest BCUT2D eigenvalue weighted by molar-refractivity contribution is 0.156. The number of hydrogen-bond donors (Lipinski definition) is 2. The third-order valence-corrected chi connectivity index (χ3v) is 4.53. The molecule has 6 nitrogen and oxygen atoms in total. The van der Waals surface area contributed by atoms with E-state index in [-0.39, 0.29) is 12.4 Å². The van der Waals surface area contributed by atoms with Crippen LogP contribution in [0.25, 0.3) is 0 Å². The molecule has 1 unspecified atom stereocenters. The van der Waals surface area contributed by atoms with Crippen LogP contribution in [0.4, 0.5) is 0 Å². The lowest BCUT2D eigenvalue weighted by atomic mass is 10.0. The maximum atomic E-state index is 11.7. The van der Waals surface area contributed by atoms with E-state index < -0.39 is 10.0 Å². The largest absolute Gasteiger partial charge is 0.379 e. The van der Waals surface area contributed by atoms with Crippen LogP contribution >= 0.6 is 0 Å². The van der Waals surface area contributed by atoms with Gasteiger partial charge < -0.3 is 15.4 Å². The van der Waals surface area contributed by atoms with E-state index in [0.717, 1.165) is 13.0 Å². The number of ether oxygens (including phenoxy) is 1. The molecule has 108 valence electrons. The van der Waals surface area contributed by atoms with Gasteiger partial charge in [-0.3, -0.25) is 0 Å². The van der Waals surface area contributed by atoms with Crippen molar-refractivity contribution in [2.24, 2.45) is 5.73 Å². The number of sulfonamides is 1. The Morgan fingerprint density at radius 2 is 2.17 bits per heavy atom. The first-order chi connectivity index (χ1) is 8.55. The highest BCUT2D eigenvalue weighted by Crippen LogP contribution is 2.14. The average Bonchev–Trinajstić information content (AvgIpc) is 2.34. The van der Waals surface area contributed by atoms with Gasteiger partial charge in [0.2, 0.25) is 10.0 Å². The van der Waals surface area contributed by atoms with E-state index in [1.54, 1.807) is 0 Å². The molecule has 1 aliphatic heterocycles. The number of piperidine rings is 1. The number of rotatable bonds is 8. The highest BCUT2D eigenvalue weighted by molar-refractivity contribution is 7.89. The predicted octanol–water partition coefficient (Wildman–Crippen LogP) is -0.635. The predicted molar refractivity (Wildman–Crippen MR) is 71.9 cm³/mol. The van der Waals surface area contributed by atoms with Gasteiger partial charge in [0.15, 0.2) is 0 Å². The molecule has 0 saturated carbocycles. The summed E-state index contributed by atoms with van der Waals surface area (Å²) in [5, 5.41) is 0. The smallest absolute Gasteiger partial charge is 0.213 e. The summed E-state index contributed by atoms with van der Waals surface area (Å²) in [5.74, 6) is 0.00341. The van der Waals surface area contributed by atoms with Crippen molar-refractivity contribution in [2.45, 2.75) is 25.3 Å². The van der Waals surface area contributed by atoms with Crippen LogP contribution in [-0.2, 0) is 14.8 Å². The molecule has 0 aromatic heterocycles. The Hall–Kier alpha value is -0.210. The van der Waals surface area contributed by atoms with Crippen LogP contribution in [0, 0.1) is 0 Å². The quantitative estimate of drug-likeness (QED) is 0.578. The molecular formula is C11H25N3O3S. The second kappa shape index (κ2) is 8.06. The Labute approximate surface area is 110 Å². The van der Waals surface area contributed by atoms with Crippen molar-refractivity contribution < 1.29 is 13.2 Å². The normalized spacial score (nSPS) is 22.2. The van der Waals surface area contributed by atoms with Crippen molar-refractivity contribution in [2.75, 3.05) is 45.6 Å². The lowest BCUT2D eigenvalue weighted by Gasteiger charge is -2.32. The van der Waals surface area contributed by atoms with Gasteiger partial charge in [-0.05, 0) is 26.4 Å². The van der Waals surface area contributed by atoms with Crippen molar-refractivity contribution in [1.82, 2.24) is 9.62 Å². The summed E-state index contributed by atoms with van der Waals surface area (Å²) in [6.45, 7) is 2.57. The van der Waals surface area contributed by atoms with Crippen LogP contribution < -0.4 is 10.5 Å². The molecule has 1 atom stereocenters. The topological polar surface area (TPSA) is 84.7 Å². The molecule has 3 N–H and O–H groups in total. The van der Waals surface area contributed by atoms with Crippen LogP contribution in [0.5, 0.6) is 0 Å². The van der Waals surface area contributed by atoms with Gasteiger partial charge in [-0.15, -0.1) is 0 Å². The molecule has 0 aromatic rings. The highest BCUT2D eigenvalue weighted by atomic mass is 32.2. The number of nitrogens with one attached hydrogen (secondary N) is 1. The summed E-state index contributed by atoms with van der Waals surface area (Å²) >= 11 is 0. The fraction of sp³-hybridized carbons (Fsp3) is 1.00. The maximum Gasteiger partial charge on any atom is 0.213 e. The van der Waals surface area contributed by atoms with E-state index >= 15 is 0 Å². The first kappa shape index (κ1) is 15.8. The monoisotopic (exact) mass is 279 g/mol. The van der Waals surface area contributed by atoms with Gasteiger partial charge in [-0.2, -0.15) is 0 Å². The molecular weight excluding hydrogens is 254 g/mol. The van der Waals surface area contributed by atoms with Crippen LogP contribution in [0.3, 0.4) is 0 Å². The van der Waals surface area contributed by atoms with E-state index in [1.807, 2.05) is 7.05 Å². The fourth-order valence-corrected chi connectivity index (χ4v) is 2.98. The molecule has 1 aliphatic rings. The van der Waals surface area contributed by atoms with Gasteiger partial charge in [0.25, 0.3) is 0 Å². The minimum absolute atomic E-state index is 0.00341. The molecule has 1 rings (SSSR count). The SMILES string of the molecule is CN1CCCCC1CNS(=O)(=O)CCOCCN. The van der Waals surface area contributed by atoms with Gasteiger partial charge in [0.1, 0.15) is 0 Å². The molecule has 18 heavy (non-hydrogen) atoms.